The Labute approximate surface area is 93.0 Å². The van der Waals surface area contributed by atoms with E-state index in [-0.39, 0.29) is 11.9 Å². The fourth-order valence-corrected chi connectivity index (χ4v) is 2.43. The normalized spacial score (nSPS) is 33.5. The van der Waals surface area contributed by atoms with Gasteiger partial charge in [-0.05, 0) is 25.2 Å². The van der Waals surface area contributed by atoms with Gasteiger partial charge in [0, 0.05) is 13.1 Å². The zero-order valence-corrected chi connectivity index (χ0v) is 10.3. The van der Waals surface area contributed by atoms with Gasteiger partial charge in [-0.2, -0.15) is 0 Å². The number of amides is 1. The summed E-state index contributed by atoms with van der Waals surface area (Å²) in [5.41, 5.74) is 0. The number of hydrogen-bond acceptors (Lipinski definition) is 2. The summed E-state index contributed by atoms with van der Waals surface area (Å²) in [5, 5.41) is 6.12. The number of rotatable bonds is 3. The van der Waals surface area contributed by atoms with Gasteiger partial charge in [0.1, 0.15) is 0 Å². The van der Waals surface area contributed by atoms with Gasteiger partial charge >= 0.3 is 0 Å². The largest absolute Gasteiger partial charge is 0.358 e. The van der Waals surface area contributed by atoms with Gasteiger partial charge in [0.2, 0.25) is 5.91 Å². The lowest BCUT2D eigenvalue weighted by Crippen LogP contribution is -2.50. The Morgan fingerprint density at radius 2 is 2.00 bits per heavy atom. The second-order valence-electron chi connectivity index (χ2n) is 4.88. The average molecular weight is 212 g/mol. The molecule has 1 aliphatic rings. The molecule has 15 heavy (non-hydrogen) atoms. The molecule has 4 atom stereocenters. The predicted molar refractivity (Wildman–Crippen MR) is 62.6 cm³/mol. The molecule has 0 aromatic rings. The van der Waals surface area contributed by atoms with Crippen LogP contribution in [0.4, 0.5) is 0 Å². The SMILES string of the molecule is CNC(=O)[C@@H](C)NC1CCCC(C)C1C. The van der Waals surface area contributed by atoms with Gasteiger partial charge in [-0.1, -0.05) is 26.7 Å². The molecular weight excluding hydrogens is 188 g/mol. The molecule has 0 aromatic carbocycles. The van der Waals surface area contributed by atoms with Gasteiger partial charge in [0.05, 0.1) is 6.04 Å². The minimum Gasteiger partial charge on any atom is -0.358 e. The lowest BCUT2D eigenvalue weighted by Gasteiger charge is -2.36. The first-order chi connectivity index (χ1) is 7.06. The maximum Gasteiger partial charge on any atom is 0.236 e. The summed E-state index contributed by atoms with van der Waals surface area (Å²) >= 11 is 0. The van der Waals surface area contributed by atoms with E-state index in [1.54, 1.807) is 7.05 Å². The van der Waals surface area contributed by atoms with E-state index < -0.39 is 0 Å². The van der Waals surface area contributed by atoms with Crippen LogP contribution < -0.4 is 10.6 Å². The molecule has 0 radical (unpaired) electrons. The summed E-state index contributed by atoms with van der Waals surface area (Å²) in [5.74, 6) is 1.53. The summed E-state index contributed by atoms with van der Waals surface area (Å²) in [6.45, 7) is 6.53. The molecule has 0 spiro atoms. The monoisotopic (exact) mass is 212 g/mol. The molecule has 1 fully saturated rings. The summed E-state index contributed by atoms with van der Waals surface area (Å²) < 4.78 is 0. The second-order valence-corrected chi connectivity index (χ2v) is 4.88. The average Bonchev–Trinajstić information content (AvgIpc) is 2.23. The first-order valence-corrected chi connectivity index (χ1v) is 6.04. The summed E-state index contributed by atoms with van der Waals surface area (Å²) in [7, 11) is 1.69. The first-order valence-electron chi connectivity index (χ1n) is 6.04. The summed E-state index contributed by atoms with van der Waals surface area (Å²) in [4.78, 5) is 11.4. The Kier molecular flexibility index (Phi) is 4.58. The zero-order chi connectivity index (χ0) is 11.4. The highest BCUT2D eigenvalue weighted by atomic mass is 16.2. The van der Waals surface area contributed by atoms with Crippen LogP contribution in [-0.4, -0.2) is 25.0 Å². The highest BCUT2D eigenvalue weighted by Crippen LogP contribution is 2.29. The second kappa shape index (κ2) is 5.50. The third-order valence-electron chi connectivity index (χ3n) is 3.81. The molecule has 3 nitrogen and oxygen atoms in total. The number of carbonyl (C=O) groups excluding carboxylic acids is 1. The van der Waals surface area contributed by atoms with Crippen molar-refractivity contribution in [2.45, 2.75) is 52.1 Å². The quantitative estimate of drug-likeness (QED) is 0.745. The Hall–Kier alpha value is -0.570. The minimum absolute atomic E-state index is 0.0762. The van der Waals surface area contributed by atoms with E-state index in [1.807, 2.05) is 6.92 Å². The number of likely N-dealkylation sites (N-methyl/N-ethyl adjacent to an activating group) is 1. The molecule has 3 unspecified atom stereocenters. The summed E-state index contributed by atoms with van der Waals surface area (Å²) in [6.07, 6.45) is 3.81. The molecule has 0 aliphatic heterocycles. The van der Waals surface area contributed by atoms with Crippen LogP contribution in [0.1, 0.15) is 40.0 Å². The van der Waals surface area contributed by atoms with Crippen LogP contribution in [-0.2, 0) is 4.79 Å². The Morgan fingerprint density at radius 1 is 1.33 bits per heavy atom. The molecule has 1 aliphatic carbocycles. The third-order valence-corrected chi connectivity index (χ3v) is 3.81. The number of nitrogens with one attached hydrogen (secondary N) is 2. The molecule has 0 heterocycles. The van der Waals surface area contributed by atoms with E-state index in [9.17, 15) is 4.79 Å². The van der Waals surface area contributed by atoms with Crippen molar-refractivity contribution in [2.75, 3.05) is 7.05 Å². The molecule has 1 amide bonds. The maximum absolute atomic E-state index is 11.4. The minimum atomic E-state index is -0.0762. The maximum atomic E-state index is 11.4. The first kappa shape index (κ1) is 12.5. The molecule has 0 aromatic heterocycles. The van der Waals surface area contributed by atoms with E-state index in [1.165, 1.54) is 19.3 Å². The lowest BCUT2D eigenvalue weighted by atomic mass is 9.78. The molecule has 1 saturated carbocycles. The Balaban J connectivity index is 2.46. The van der Waals surface area contributed by atoms with Crippen LogP contribution in [0.2, 0.25) is 0 Å². The number of hydrogen-bond donors (Lipinski definition) is 2. The Morgan fingerprint density at radius 3 is 2.60 bits per heavy atom. The van der Waals surface area contributed by atoms with Gasteiger partial charge in [-0.15, -0.1) is 0 Å². The molecule has 2 N–H and O–H groups in total. The van der Waals surface area contributed by atoms with Gasteiger partial charge in [0.25, 0.3) is 0 Å². The summed E-state index contributed by atoms with van der Waals surface area (Å²) in [6, 6.07) is 0.425. The topological polar surface area (TPSA) is 41.1 Å². The van der Waals surface area contributed by atoms with Gasteiger partial charge in [-0.25, -0.2) is 0 Å². The standard InChI is InChI=1S/C12H24N2O/c1-8-6-5-7-11(9(8)2)14-10(3)12(15)13-4/h8-11,14H,5-7H2,1-4H3,(H,13,15)/t8?,9?,10-,11?/m1/s1. The zero-order valence-electron chi connectivity index (χ0n) is 10.3. The van der Waals surface area contributed by atoms with Crippen LogP contribution >= 0.6 is 0 Å². The van der Waals surface area contributed by atoms with E-state index in [0.717, 1.165) is 5.92 Å². The van der Waals surface area contributed by atoms with Gasteiger partial charge < -0.3 is 10.6 Å². The van der Waals surface area contributed by atoms with Crippen molar-refractivity contribution in [3.05, 3.63) is 0 Å². The molecule has 88 valence electrons. The van der Waals surface area contributed by atoms with Crippen molar-refractivity contribution in [1.82, 2.24) is 10.6 Å². The van der Waals surface area contributed by atoms with Crippen molar-refractivity contribution >= 4 is 5.91 Å². The molecule has 1 rings (SSSR count). The predicted octanol–water partition coefficient (Wildman–Crippen LogP) is 1.54. The van der Waals surface area contributed by atoms with E-state index >= 15 is 0 Å². The van der Waals surface area contributed by atoms with Crippen LogP contribution in [0.25, 0.3) is 0 Å². The highest BCUT2D eigenvalue weighted by Gasteiger charge is 2.28. The van der Waals surface area contributed by atoms with Crippen molar-refractivity contribution in [3.8, 4) is 0 Å². The van der Waals surface area contributed by atoms with Gasteiger partial charge in [0.15, 0.2) is 0 Å². The van der Waals surface area contributed by atoms with E-state index in [0.29, 0.717) is 12.0 Å². The third kappa shape index (κ3) is 3.20. The lowest BCUT2D eigenvalue weighted by molar-refractivity contribution is -0.122. The van der Waals surface area contributed by atoms with Crippen molar-refractivity contribution in [1.29, 1.82) is 0 Å². The van der Waals surface area contributed by atoms with E-state index in [4.69, 9.17) is 0 Å². The number of carbonyl (C=O) groups is 1. The van der Waals surface area contributed by atoms with Crippen LogP contribution in [0.3, 0.4) is 0 Å². The highest BCUT2D eigenvalue weighted by molar-refractivity contribution is 5.80. The molecule has 0 saturated heterocycles. The van der Waals surface area contributed by atoms with Crippen molar-refractivity contribution < 1.29 is 4.79 Å². The fraction of sp³-hybridized carbons (Fsp3) is 0.917. The van der Waals surface area contributed by atoms with Crippen molar-refractivity contribution in [2.24, 2.45) is 11.8 Å². The van der Waals surface area contributed by atoms with Crippen LogP contribution in [0.15, 0.2) is 0 Å². The Bertz CT molecular complexity index is 218. The molecule has 0 bridgehead atoms. The smallest absolute Gasteiger partial charge is 0.236 e. The van der Waals surface area contributed by atoms with Crippen LogP contribution in [0, 0.1) is 11.8 Å². The van der Waals surface area contributed by atoms with Gasteiger partial charge in [-0.3, -0.25) is 4.79 Å². The fourth-order valence-electron chi connectivity index (χ4n) is 2.43. The van der Waals surface area contributed by atoms with Crippen LogP contribution in [0.5, 0.6) is 0 Å². The van der Waals surface area contributed by atoms with Crippen molar-refractivity contribution in [3.63, 3.8) is 0 Å². The van der Waals surface area contributed by atoms with E-state index in [2.05, 4.69) is 24.5 Å². The molecular formula is C12H24N2O. The molecule has 3 heteroatoms.